The van der Waals surface area contributed by atoms with Crippen LogP contribution in [0.2, 0.25) is 0 Å². The van der Waals surface area contributed by atoms with Gasteiger partial charge in [0.15, 0.2) is 11.7 Å². The molecule has 0 aliphatic rings. The zero-order chi connectivity index (χ0) is 20.6. The average Bonchev–Trinajstić information content (AvgIpc) is 3.26. The Kier molecular flexibility index (Phi) is 6.76. The quantitative estimate of drug-likeness (QED) is 0.413. The third-order valence-corrected chi connectivity index (χ3v) is 4.88. The van der Waals surface area contributed by atoms with Gasteiger partial charge >= 0.3 is 5.97 Å². The number of carbonyl (C=O) groups is 2. The molecule has 148 valence electrons. The molecular formula is C22H20N2O4S. The van der Waals surface area contributed by atoms with Crippen LogP contribution in [0.15, 0.2) is 72.6 Å². The molecule has 2 aromatic carbocycles. The lowest BCUT2D eigenvalue weighted by Crippen LogP contribution is -2.31. The molecule has 6 nitrogen and oxygen atoms in total. The number of anilines is 1. The van der Waals surface area contributed by atoms with Crippen LogP contribution < -0.4 is 9.64 Å². The molecule has 1 aromatic heterocycles. The van der Waals surface area contributed by atoms with E-state index in [2.05, 4.69) is 16.3 Å². The third-order valence-electron chi connectivity index (χ3n) is 4.01. The summed E-state index contributed by atoms with van der Waals surface area (Å²) in [7, 11) is 1.29. The number of methoxy groups -OCH3 is 1. The molecule has 0 aliphatic carbocycles. The molecule has 1 heterocycles. The molecular weight excluding hydrogens is 388 g/mol. The van der Waals surface area contributed by atoms with Crippen LogP contribution in [0.25, 0.3) is 11.3 Å². The van der Waals surface area contributed by atoms with Gasteiger partial charge in [0, 0.05) is 23.1 Å². The minimum Gasteiger partial charge on any atom is -0.482 e. The van der Waals surface area contributed by atoms with E-state index in [9.17, 15) is 9.59 Å². The highest BCUT2D eigenvalue weighted by Crippen LogP contribution is 2.28. The molecule has 3 aromatic rings. The Morgan fingerprint density at radius 1 is 1.17 bits per heavy atom. The summed E-state index contributed by atoms with van der Waals surface area (Å²) in [6.45, 7) is 3.84. The Balaban J connectivity index is 1.82. The van der Waals surface area contributed by atoms with Crippen molar-refractivity contribution in [2.75, 3.05) is 25.2 Å². The molecule has 29 heavy (non-hydrogen) atoms. The summed E-state index contributed by atoms with van der Waals surface area (Å²) in [5.74, 6) is -0.322. The molecule has 0 atom stereocenters. The van der Waals surface area contributed by atoms with Crippen molar-refractivity contribution in [3.8, 4) is 17.0 Å². The molecule has 7 heteroatoms. The fraction of sp³-hybridized carbons (Fsp3) is 0.136. The number of aromatic nitrogens is 1. The number of carbonyl (C=O) groups excluding carboxylic acids is 2. The number of ether oxygens (including phenoxy) is 2. The first kappa shape index (κ1) is 20.3. The van der Waals surface area contributed by atoms with Crippen LogP contribution in [0.4, 0.5) is 5.13 Å². The summed E-state index contributed by atoms with van der Waals surface area (Å²) in [6, 6.07) is 16.4. The highest BCUT2D eigenvalue weighted by molar-refractivity contribution is 7.14. The lowest BCUT2D eigenvalue weighted by Gasteiger charge is -2.18. The smallest absolute Gasteiger partial charge is 0.343 e. The van der Waals surface area contributed by atoms with Crippen molar-refractivity contribution in [2.45, 2.75) is 0 Å². The van der Waals surface area contributed by atoms with E-state index >= 15 is 0 Å². The molecule has 0 unspecified atom stereocenters. The Bertz CT molecular complexity index is 1000. The first-order valence-electron chi connectivity index (χ1n) is 8.85. The van der Waals surface area contributed by atoms with Gasteiger partial charge < -0.3 is 9.47 Å². The van der Waals surface area contributed by atoms with Gasteiger partial charge in [-0.3, -0.25) is 9.69 Å². The SMILES string of the molecule is C=CCN(C(=O)c1cccc(OCC(=O)OC)c1)c1nc(-c2ccccc2)cs1. The molecule has 0 saturated heterocycles. The molecule has 0 bridgehead atoms. The molecule has 0 saturated carbocycles. The van der Waals surface area contributed by atoms with E-state index in [1.165, 1.54) is 18.4 Å². The number of esters is 1. The molecule has 3 rings (SSSR count). The Hall–Kier alpha value is -3.45. The van der Waals surface area contributed by atoms with Crippen molar-refractivity contribution in [3.63, 3.8) is 0 Å². The zero-order valence-electron chi connectivity index (χ0n) is 15.9. The summed E-state index contributed by atoms with van der Waals surface area (Å²) in [5, 5.41) is 2.50. The van der Waals surface area contributed by atoms with Gasteiger partial charge in [-0.25, -0.2) is 9.78 Å². The zero-order valence-corrected chi connectivity index (χ0v) is 16.7. The van der Waals surface area contributed by atoms with Crippen molar-refractivity contribution >= 4 is 28.3 Å². The fourth-order valence-corrected chi connectivity index (χ4v) is 3.42. The highest BCUT2D eigenvalue weighted by atomic mass is 32.1. The largest absolute Gasteiger partial charge is 0.482 e. The second kappa shape index (κ2) is 9.66. The maximum atomic E-state index is 13.1. The van der Waals surface area contributed by atoms with Crippen LogP contribution in [0.5, 0.6) is 5.75 Å². The predicted octanol–water partition coefficient (Wildman–Crippen LogP) is 4.19. The monoisotopic (exact) mass is 408 g/mol. The second-order valence-corrected chi connectivity index (χ2v) is 6.81. The van der Waals surface area contributed by atoms with Gasteiger partial charge in [-0.1, -0.05) is 42.5 Å². The van der Waals surface area contributed by atoms with Crippen molar-refractivity contribution in [2.24, 2.45) is 0 Å². The Morgan fingerprint density at radius 3 is 2.69 bits per heavy atom. The molecule has 0 spiro atoms. The van der Waals surface area contributed by atoms with Gasteiger partial charge in [-0.05, 0) is 18.2 Å². The number of benzene rings is 2. The first-order chi connectivity index (χ1) is 14.1. The van der Waals surface area contributed by atoms with Gasteiger partial charge in [0.05, 0.1) is 12.8 Å². The van der Waals surface area contributed by atoms with Gasteiger partial charge in [0.2, 0.25) is 0 Å². The molecule has 0 fully saturated rings. The van der Waals surface area contributed by atoms with Gasteiger partial charge in [-0.2, -0.15) is 0 Å². The third kappa shape index (κ3) is 5.08. The van der Waals surface area contributed by atoms with Crippen LogP contribution >= 0.6 is 11.3 Å². The van der Waals surface area contributed by atoms with Crippen molar-refractivity contribution in [1.82, 2.24) is 4.98 Å². The lowest BCUT2D eigenvalue weighted by molar-refractivity contribution is -0.142. The molecule has 0 aliphatic heterocycles. The van der Waals surface area contributed by atoms with E-state index in [1.807, 2.05) is 35.7 Å². The van der Waals surface area contributed by atoms with Gasteiger partial charge in [0.1, 0.15) is 5.75 Å². The van der Waals surface area contributed by atoms with Gasteiger partial charge in [0.25, 0.3) is 5.91 Å². The topological polar surface area (TPSA) is 68.7 Å². The van der Waals surface area contributed by atoms with Crippen LogP contribution in [-0.4, -0.2) is 37.1 Å². The summed E-state index contributed by atoms with van der Waals surface area (Å²) >= 11 is 1.39. The van der Waals surface area contributed by atoms with Gasteiger partial charge in [-0.15, -0.1) is 17.9 Å². The minimum absolute atomic E-state index is 0.225. The minimum atomic E-state index is -0.494. The Morgan fingerprint density at radius 2 is 1.97 bits per heavy atom. The summed E-state index contributed by atoms with van der Waals surface area (Å²) in [5.41, 5.74) is 2.22. The molecule has 0 radical (unpaired) electrons. The second-order valence-electron chi connectivity index (χ2n) is 5.98. The van der Waals surface area contributed by atoms with Crippen molar-refractivity contribution in [1.29, 1.82) is 0 Å². The summed E-state index contributed by atoms with van der Waals surface area (Å²) in [6.07, 6.45) is 1.65. The number of hydrogen-bond acceptors (Lipinski definition) is 6. The lowest BCUT2D eigenvalue weighted by atomic mass is 10.2. The summed E-state index contributed by atoms with van der Waals surface area (Å²) < 4.78 is 9.94. The standard InChI is InChI=1S/C22H20N2O4S/c1-3-12-24(22-23-19(15-29-22)16-8-5-4-6-9-16)21(26)17-10-7-11-18(13-17)28-14-20(25)27-2/h3-11,13,15H,1,12,14H2,2H3. The van der Waals surface area contributed by atoms with E-state index in [4.69, 9.17) is 4.74 Å². The normalized spacial score (nSPS) is 10.2. The Labute approximate surface area is 173 Å². The number of nitrogens with zero attached hydrogens (tertiary/aromatic N) is 2. The predicted molar refractivity (Wildman–Crippen MR) is 113 cm³/mol. The highest BCUT2D eigenvalue weighted by Gasteiger charge is 2.20. The van der Waals surface area contributed by atoms with E-state index in [1.54, 1.807) is 35.2 Å². The summed E-state index contributed by atoms with van der Waals surface area (Å²) in [4.78, 5) is 30.6. The van der Waals surface area contributed by atoms with Crippen LogP contribution in [0.1, 0.15) is 10.4 Å². The van der Waals surface area contributed by atoms with Crippen LogP contribution in [0.3, 0.4) is 0 Å². The average molecular weight is 408 g/mol. The number of rotatable bonds is 8. The molecule has 0 N–H and O–H groups in total. The van der Waals surface area contributed by atoms with Crippen molar-refractivity contribution < 1.29 is 19.1 Å². The van der Waals surface area contributed by atoms with Crippen LogP contribution in [-0.2, 0) is 9.53 Å². The van der Waals surface area contributed by atoms with E-state index in [0.29, 0.717) is 23.0 Å². The maximum absolute atomic E-state index is 13.1. The van der Waals surface area contributed by atoms with Crippen molar-refractivity contribution in [3.05, 3.63) is 78.2 Å². The van der Waals surface area contributed by atoms with E-state index in [-0.39, 0.29) is 12.5 Å². The number of hydrogen-bond donors (Lipinski definition) is 0. The first-order valence-corrected chi connectivity index (χ1v) is 9.73. The number of thiazole rings is 1. The fourth-order valence-electron chi connectivity index (χ4n) is 2.58. The van der Waals surface area contributed by atoms with Crippen LogP contribution in [0, 0.1) is 0 Å². The van der Waals surface area contributed by atoms with E-state index in [0.717, 1.165) is 11.3 Å². The van der Waals surface area contributed by atoms with E-state index < -0.39 is 5.97 Å². The maximum Gasteiger partial charge on any atom is 0.343 e. The number of amides is 1. The molecule has 1 amide bonds.